The van der Waals surface area contributed by atoms with Gasteiger partial charge in [-0.05, 0) is 31.9 Å². The summed E-state index contributed by atoms with van der Waals surface area (Å²) in [5, 5.41) is 0.393. The van der Waals surface area contributed by atoms with E-state index in [9.17, 15) is 8.78 Å². The zero-order valence-electron chi connectivity index (χ0n) is 12.1. The second-order valence-electron chi connectivity index (χ2n) is 5.67. The summed E-state index contributed by atoms with van der Waals surface area (Å²) in [6, 6.07) is 1.41. The molecule has 0 radical (unpaired) electrons. The van der Waals surface area contributed by atoms with Crippen molar-refractivity contribution in [2.24, 2.45) is 5.92 Å². The maximum absolute atomic E-state index is 13.0. The van der Waals surface area contributed by atoms with Crippen LogP contribution in [0, 0.1) is 5.92 Å². The van der Waals surface area contributed by atoms with Crippen LogP contribution < -0.4 is 4.90 Å². The van der Waals surface area contributed by atoms with E-state index in [1.165, 1.54) is 30.7 Å². The molecule has 0 amide bonds. The number of thioether (sulfide) groups is 1. The molecule has 2 atom stereocenters. The highest BCUT2D eigenvalue weighted by molar-refractivity contribution is 7.98. The third-order valence-electron chi connectivity index (χ3n) is 3.87. The Hall–Kier alpha value is -0.950. The molecule has 116 valence electrons. The van der Waals surface area contributed by atoms with Gasteiger partial charge in [-0.15, -0.1) is 0 Å². The molecule has 1 aliphatic heterocycles. The van der Waals surface area contributed by atoms with Crippen LogP contribution >= 0.6 is 11.8 Å². The topological polar surface area (TPSA) is 38.2 Å². The Balaban J connectivity index is 1.85. The van der Waals surface area contributed by atoms with Gasteiger partial charge in [-0.25, -0.2) is 18.7 Å². The maximum atomic E-state index is 13.0. The van der Waals surface area contributed by atoms with Crippen molar-refractivity contribution in [2.75, 3.05) is 24.2 Å². The highest BCUT2D eigenvalue weighted by Crippen LogP contribution is 2.37. The number of hydrogen-bond donors (Lipinski definition) is 0. The van der Waals surface area contributed by atoms with E-state index in [2.05, 4.69) is 14.9 Å². The predicted molar refractivity (Wildman–Crippen MR) is 78.0 cm³/mol. The molecule has 0 unspecified atom stereocenters. The summed E-state index contributed by atoms with van der Waals surface area (Å²) in [7, 11) is 0. The molecule has 21 heavy (non-hydrogen) atoms. The summed E-state index contributed by atoms with van der Waals surface area (Å²) in [5.74, 6) is 1.21. The molecule has 0 spiro atoms. The Morgan fingerprint density at radius 1 is 1.33 bits per heavy atom. The lowest BCUT2D eigenvalue weighted by atomic mass is 10.1. The van der Waals surface area contributed by atoms with Crippen LogP contribution in [0.2, 0.25) is 0 Å². The van der Waals surface area contributed by atoms with Crippen LogP contribution in [0.3, 0.4) is 0 Å². The molecule has 1 aromatic rings. The van der Waals surface area contributed by atoms with Crippen molar-refractivity contribution in [2.45, 2.75) is 43.6 Å². The fourth-order valence-electron chi connectivity index (χ4n) is 2.70. The number of halogens is 2. The number of aromatic nitrogens is 2. The van der Waals surface area contributed by atoms with Crippen LogP contribution in [0.25, 0.3) is 0 Å². The molecule has 2 aliphatic rings. The monoisotopic (exact) mass is 315 g/mol. The van der Waals surface area contributed by atoms with Gasteiger partial charge < -0.3 is 9.64 Å². The van der Waals surface area contributed by atoms with E-state index in [1.54, 1.807) is 6.26 Å². The van der Waals surface area contributed by atoms with Crippen LogP contribution in [0.1, 0.15) is 31.9 Å². The molecule has 2 fully saturated rings. The molecule has 1 saturated carbocycles. The standard InChI is InChI=1S/C14H19F2N3OS/c1-8-6-19(7-11(20-8)9-3-4-9)12-5-10(13(15)16)17-14(18-12)21-2/h5,8-9,11,13H,3-4,6-7H2,1-2H3/t8-,11-/m0/s1. The van der Waals surface area contributed by atoms with Crippen molar-refractivity contribution < 1.29 is 13.5 Å². The molecule has 1 aromatic heterocycles. The minimum Gasteiger partial charge on any atom is -0.371 e. The van der Waals surface area contributed by atoms with Crippen LogP contribution in [0.15, 0.2) is 11.2 Å². The Bertz CT molecular complexity index is 513. The first kappa shape index (κ1) is 15.0. The quantitative estimate of drug-likeness (QED) is 0.630. The number of morpholine rings is 1. The molecule has 4 nitrogen and oxygen atoms in total. The lowest BCUT2D eigenvalue weighted by Gasteiger charge is -2.37. The van der Waals surface area contributed by atoms with Crippen molar-refractivity contribution in [1.29, 1.82) is 0 Å². The van der Waals surface area contributed by atoms with Crippen molar-refractivity contribution >= 4 is 17.6 Å². The second-order valence-corrected chi connectivity index (χ2v) is 6.44. The first-order chi connectivity index (χ1) is 10.1. The van der Waals surface area contributed by atoms with Gasteiger partial charge in [0.05, 0.1) is 12.2 Å². The number of alkyl halides is 2. The molecule has 1 saturated heterocycles. The molecule has 7 heteroatoms. The Morgan fingerprint density at radius 3 is 2.71 bits per heavy atom. The normalized spacial score (nSPS) is 26.4. The van der Waals surface area contributed by atoms with Gasteiger partial charge in [0.1, 0.15) is 11.5 Å². The largest absolute Gasteiger partial charge is 0.371 e. The van der Waals surface area contributed by atoms with E-state index in [0.29, 0.717) is 23.4 Å². The van der Waals surface area contributed by atoms with Crippen LogP contribution in [-0.2, 0) is 4.74 Å². The Kier molecular flexibility index (Phi) is 4.31. The van der Waals surface area contributed by atoms with E-state index in [0.717, 1.165) is 6.54 Å². The van der Waals surface area contributed by atoms with Gasteiger partial charge in [0, 0.05) is 19.2 Å². The smallest absolute Gasteiger partial charge is 0.280 e. The molecule has 3 rings (SSSR count). The summed E-state index contributed by atoms with van der Waals surface area (Å²) < 4.78 is 31.9. The highest BCUT2D eigenvalue weighted by Gasteiger charge is 2.37. The van der Waals surface area contributed by atoms with E-state index in [4.69, 9.17) is 4.74 Å². The highest BCUT2D eigenvalue weighted by atomic mass is 32.2. The molecular formula is C14H19F2N3OS. The van der Waals surface area contributed by atoms with Gasteiger partial charge in [0.25, 0.3) is 6.43 Å². The van der Waals surface area contributed by atoms with Crippen molar-refractivity contribution in [1.82, 2.24) is 9.97 Å². The molecule has 2 heterocycles. The maximum Gasteiger partial charge on any atom is 0.280 e. The van der Waals surface area contributed by atoms with Gasteiger partial charge in [0.15, 0.2) is 5.16 Å². The van der Waals surface area contributed by atoms with E-state index < -0.39 is 6.43 Å². The summed E-state index contributed by atoms with van der Waals surface area (Å²) in [6.45, 7) is 3.42. The molecule has 0 N–H and O–H groups in total. The number of nitrogens with zero attached hydrogens (tertiary/aromatic N) is 3. The van der Waals surface area contributed by atoms with Crippen molar-refractivity contribution in [3.8, 4) is 0 Å². The first-order valence-corrected chi connectivity index (χ1v) is 8.41. The predicted octanol–water partition coefficient (Wildman–Crippen LogP) is 3.14. The minimum atomic E-state index is -2.57. The van der Waals surface area contributed by atoms with Gasteiger partial charge >= 0.3 is 0 Å². The molecule has 0 bridgehead atoms. The molecule has 0 aromatic carbocycles. The van der Waals surface area contributed by atoms with Crippen LogP contribution in [-0.4, -0.2) is 41.5 Å². The third-order valence-corrected chi connectivity index (χ3v) is 4.42. The van der Waals surface area contributed by atoms with E-state index in [1.807, 2.05) is 6.92 Å². The van der Waals surface area contributed by atoms with Gasteiger partial charge in [-0.2, -0.15) is 0 Å². The van der Waals surface area contributed by atoms with Crippen LogP contribution in [0.5, 0.6) is 0 Å². The van der Waals surface area contributed by atoms with Gasteiger partial charge in [0.2, 0.25) is 0 Å². The summed E-state index contributed by atoms with van der Waals surface area (Å²) in [4.78, 5) is 10.3. The van der Waals surface area contributed by atoms with E-state index in [-0.39, 0.29) is 17.9 Å². The second kappa shape index (κ2) is 6.04. The van der Waals surface area contributed by atoms with E-state index >= 15 is 0 Å². The SMILES string of the molecule is CSc1nc(C(F)F)cc(N2C[C@@H](C3CC3)O[C@@H](C)C2)n1. The van der Waals surface area contributed by atoms with Gasteiger partial charge in [-0.1, -0.05) is 11.8 Å². The zero-order valence-corrected chi connectivity index (χ0v) is 12.9. The zero-order chi connectivity index (χ0) is 15.0. The van der Waals surface area contributed by atoms with Crippen molar-refractivity contribution in [3.63, 3.8) is 0 Å². The average molecular weight is 315 g/mol. The van der Waals surface area contributed by atoms with Gasteiger partial charge in [-0.3, -0.25) is 0 Å². The third kappa shape index (κ3) is 3.45. The fraction of sp³-hybridized carbons (Fsp3) is 0.714. The Labute approximate surface area is 127 Å². The number of rotatable bonds is 4. The summed E-state index contributed by atoms with van der Waals surface area (Å²) in [5.41, 5.74) is -0.202. The number of anilines is 1. The lowest BCUT2D eigenvalue weighted by Crippen LogP contribution is -2.48. The Morgan fingerprint density at radius 2 is 2.10 bits per heavy atom. The first-order valence-electron chi connectivity index (χ1n) is 7.18. The fourth-order valence-corrected chi connectivity index (χ4v) is 3.08. The number of ether oxygens (including phenoxy) is 1. The summed E-state index contributed by atoms with van der Waals surface area (Å²) >= 11 is 1.29. The van der Waals surface area contributed by atoms with Crippen LogP contribution in [0.4, 0.5) is 14.6 Å². The summed E-state index contributed by atoms with van der Waals surface area (Å²) in [6.07, 6.45) is 1.91. The molecule has 1 aliphatic carbocycles. The minimum absolute atomic E-state index is 0.0899. The average Bonchev–Trinajstić information content (AvgIpc) is 3.30. The lowest BCUT2D eigenvalue weighted by molar-refractivity contribution is -0.0274. The van der Waals surface area contributed by atoms with Crippen molar-refractivity contribution in [3.05, 3.63) is 11.8 Å². The molecular weight excluding hydrogens is 296 g/mol. The number of hydrogen-bond acceptors (Lipinski definition) is 5.